The Balaban J connectivity index is -0.000000480. The lowest BCUT2D eigenvalue weighted by Gasteiger charge is -2.08. The molecule has 0 saturated heterocycles. The quantitative estimate of drug-likeness (QED) is 0.766. The van der Waals surface area contributed by atoms with E-state index in [1.807, 2.05) is 6.20 Å². The fourth-order valence-electron chi connectivity index (χ4n) is 1.65. The van der Waals surface area contributed by atoms with Crippen molar-refractivity contribution in [3.05, 3.63) is 29.1 Å². The van der Waals surface area contributed by atoms with Gasteiger partial charge in [-0.3, -0.25) is 19.1 Å². The van der Waals surface area contributed by atoms with Crippen molar-refractivity contribution in [1.82, 2.24) is 4.98 Å². The van der Waals surface area contributed by atoms with Gasteiger partial charge in [0.1, 0.15) is 0 Å². The van der Waals surface area contributed by atoms with Crippen molar-refractivity contribution in [2.75, 3.05) is 0 Å². The van der Waals surface area contributed by atoms with Crippen LogP contribution in [0.3, 0.4) is 0 Å². The Bertz CT molecular complexity index is 242. The molecule has 0 N–H and O–H groups in total. The Morgan fingerprint density at radius 1 is 0.933 bits per heavy atom. The lowest BCUT2D eigenvalue weighted by Crippen LogP contribution is -1.99. The molecule has 0 atom stereocenters. The van der Waals surface area contributed by atoms with Crippen molar-refractivity contribution < 1.29 is 14.1 Å². The van der Waals surface area contributed by atoms with E-state index in [1.54, 1.807) is 0 Å². The lowest BCUT2D eigenvalue weighted by atomic mass is 10.0. The predicted molar refractivity (Wildman–Crippen MR) is 59.9 cm³/mol. The minimum absolute atomic E-state index is 0. The average molecular weight is 223 g/mol. The molecule has 0 aliphatic carbocycles. The second kappa shape index (κ2) is 9.49. The Labute approximate surface area is 89.0 Å². The van der Waals surface area contributed by atoms with Crippen LogP contribution in [0.5, 0.6) is 0 Å². The molecule has 1 heterocycles. The van der Waals surface area contributed by atoms with E-state index in [-0.39, 0.29) is 14.1 Å². The zero-order valence-corrected chi connectivity index (χ0v) is 9.45. The van der Waals surface area contributed by atoms with Crippen molar-refractivity contribution in [2.24, 2.45) is 0 Å². The van der Waals surface area contributed by atoms with Crippen LogP contribution in [0.2, 0.25) is 0 Å². The van der Waals surface area contributed by atoms with Crippen molar-refractivity contribution in [3.8, 4) is 0 Å². The maximum Gasteiger partial charge on any atom is 0.0435 e. The Kier molecular flexibility index (Phi) is 12.3. The highest BCUT2D eigenvalue weighted by molar-refractivity contribution is 5.30. The second-order valence-corrected chi connectivity index (χ2v) is 2.96. The van der Waals surface area contributed by atoms with Gasteiger partial charge in [-0.2, -0.15) is 0 Å². The normalized spacial score (nSPS) is 8.20. The maximum atomic E-state index is 4.38. The first kappa shape index (κ1) is 19.5. The van der Waals surface area contributed by atoms with Gasteiger partial charge in [-0.1, -0.05) is 20.8 Å². The largest absolute Gasteiger partial charge is 0.269 e. The van der Waals surface area contributed by atoms with E-state index in [9.17, 15) is 0 Å². The molecule has 0 radical (unpaired) electrons. The van der Waals surface area contributed by atoms with Crippen molar-refractivity contribution in [1.29, 1.82) is 0 Å². The first-order valence-electron chi connectivity index (χ1n) is 4.79. The summed E-state index contributed by atoms with van der Waals surface area (Å²) in [5.41, 5.74) is 4.20. The number of aryl methyl sites for hydroxylation is 2. The molecular formula is C11H20F3N. The van der Waals surface area contributed by atoms with Gasteiger partial charge in [0, 0.05) is 11.9 Å². The number of hydrogen-bond acceptors (Lipinski definition) is 1. The van der Waals surface area contributed by atoms with Gasteiger partial charge >= 0.3 is 0 Å². The maximum absolute atomic E-state index is 4.38. The predicted octanol–water partition coefficient (Wildman–Crippen LogP) is 3.23. The van der Waals surface area contributed by atoms with E-state index >= 15 is 0 Å². The topological polar surface area (TPSA) is 12.9 Å². The molecule has 0 saturated carbocycles. The molecule has 1 aromatic heterocycles. The molecule has 0 aliphatic heterocycles. The van der Waals surface area contributed by atoms with Crippen molar-refractivity contribution >= 4 is 0 Å². The molecule has 1 rings (SSSR count). The third-order valence-corrected chi connectivity index (χ3v) is 2.31. The van der Waals surface area contributed by atoms with Crippen molar-refractivity contribution in [2.45, 2.75) is 40.0 Å². The molecule has 0 amide bonds. The first-order chi connectivity index (χ1) is 5.83. The highest BCUT2D eigenvalue weighted by Crippen LogP contribution is 2.14. The van der Waals surface area contributed by atoms with Gasteiger partial charge < -0.3 is 0 Å². The van der Waals surface area contributed by atoms with Gasteiger partial charge in [0.2, 0.25) is 0 Å². The van der Waals surface area contributed by atoms with E-state index in [0.29, 0.717) is 0 Å². The van der Waals surface area contributed by atoms with Gasteiger partial charge in [0.25, 0.3) is 0 Å². The van der Waals surface area contributed by atoms with Crippen LogP contribution >= 0.6 is 0 Å². The Hall–Kier alpha value is -1.06. The SMILES string of the molecule is CCc1ccnc(CC)c1CC.F.F.F. The number of hydrogen-bond donors (Lipinski definition) is 0. The molecule has 0 unspecified atom stereocenters. The summed E-state index contributed by atoms with van der Waals surface area (Å²) >= 11 is 0. The van der Waals surface area contributed by atoms with Gasteiger partial charge in [-0.15, -0.1) is 0 Å². The zero-order valence-electron chi connectivity index (χ0n) is 9.45. The number of halogens is 3. The minimum Gasteiger partial charge on any atom is -0.269 e. The summed E-state index contributed by atoms with van der Waals surface area (Å²) in [5, 5.41) is 0. The average Bonchev–Trinajstić information content (AvgIpc) is 2.16. The Morgan fingerprint density at radius 2 is 1.53 bits per heavy atom. The smallest absolute Gasteiger partial charge is 0.0435 e. The van der Waals surface area contributed by atoms with Crippen LogP contribution in [0.15, 0.2) is 12.3 Å². The summed E-state index contributed by atoms with van der Waals surface area (Å²) in [7, 11) is 0. The number of nitrogens with zero attached hydrogens (tertiary/aromatic N) is 1. The van der Waals surface area contributed by atoms with E-state index in [1.165, 1.54) is 16.8 Å². The molecule has 4 heteroatoms. The second-order valence-electron chi connectivity index (χ2n) is 2.96. The molecule has 1 nitrogen and oxygen atoms in total. The first-order valence-corrected chi connectivity index (χ1v) is 4.79. The summed E-state index contributed by atoms with van der Waals surface area (Å²) in [5.74, 6) is 0. The van der Waals surface area contributed by atoms with Gasteiger partial charge in [0.05, 0.1) is 0 Å². The summed E-state index contributed by atoms with van der Waals surface area (Å²) in [6, 6.07) is 2.14. The summed E-state index contributed by atoms with van der Waals surface area (Å²) < 4.78 is 0. The fraction of sp³-hybridized carbons (Fsp3) is 0.545. The third kappa shape index (κ3) is 4.32. The molecular weight excluding hydrogens is 203 g/mol. The highest BCUT2D eigenvalue weighted by atomic mass is 19.0. The van der Waals surface area contributed by atoms with E-state index in [2.05, 4.69) is 31.8 Å². The molecule has 0 bridgehead atoms. The van der Waals surface area contributed by atoms with Gasteiger partial charge in [-0.05, 0) is 36.5 Å². The van der Waals surface area contributed by atoms with Crippen LogP contribution in [-0.4, -0.2) is 4.98 Å². The van der Waals surface area contributed by atoms with Crippen molar-refractivity contribution in [3.63, 3.8) is 0 Å². The molecule has 90 valence electrons. The summed E-state index contributed by atoms with van der Waals surface area (Å²) in [6.45, 7) is 6.57. The molecule has 15 heavy (non-hydrogen) atoms. The molecule has 0 aliphatic rings. The number of rotatable bonds is 3. The van der Waals surface area contributed by atoms with Crippen LogP contribution in [0.4, 0.5) is 14.1 Å². The fourth-order valence-corrected chi connectivity index (χ4v) is 1.65. The monoisotopic (exact) mass is 223 g/mol. The van der Waals surface area contributed by atoms with E-state index < -0.39 is 0 Å². The minimum atomic E-state index is 0. The van der Waals surface area contributed by atoms with Crippen LogP contribution in [0.1, 0.15) is 37.6 Å². The molecule has 0 spiro atoms. The Morgan fingerprint density at radius 3 is 1.93 bits per heavy atom. The lowest BCUT2D eigenvalue weighted by molar-refractivity contribution is 0.926. The third-order valence-electron chi connectivity index (χ3n) is 2.31. The van der Waals surface area contributed by atoms with Crippen LogP contribution in [-0.2, 0) is 19.3 Å². The molecule has 0 aromatic carbocycles. The zero-order chi connectivity index (χ0) is 8.97. The summed E-state index contributed by atoms with van der Waals surface area (Å²) in [4.78, 5) is 4.38. The molecule has 1 aromatic rings. The van der Waals surface area contributed by atoms with E-state index in [0.717, 1.165) is 19.3 Å². The van der Waals surface area contributed by atoms with Crippen LogP contribution < -0.4 is 0 Å². The van der Waals surface area contributed by atoms with E-state index in [4.69, 9.17) is 0 Å². The van der Waals surface area contributed by atoms with Gasteiger partial charge in [0.15, 0.2) is 0 Å². The highest BCUT2D eigenvalue weighted by Gasteiger charge is 2.03. The summed E-state index contributed by atoms with van der Waals surface area (Å²) in [6.07, 6.45) is 5.22. The number of aromatic nitrogens is 1. The van der Waals surface area contributed by atoms with Crippen LogP contribution in [0.25, 0.3) is 0 Å². The van der Waals surface area contributed by atoms with Gasteiger partial charge in [-0.25, -0.2) is 0 Å². The molecule has 0 fully saturated rings. The standard InChI is InChI=1S/C11H17N.3FH/c1-4-9-7-8-12-11(6-3)10(9)5-2;;;/h7-8H,4-6H2,1-3H3;3*1H. The number of pyridine rings is 1. The van der Waals surface area contributed by atoms with Crippen LogP contribution in [0, 0.1) is 0 Å².